The fraction of sp³-hybridized carbons (Fsp3) is 0.143. The number of alkyl halides is 12. The maximum atomic E-state index is 11.4. The molecule has 4 aromatic carbocycles. The standard InChI is InChI=1S/2C12H8I.2C2F6NO4S2/c2*1-3-7-11-9(5-1)10-6-2-4-8-12(10)13-11;2*3-1(4,5)14(10,11)9-15(12,13)2(6,7)8/h2*1-8H;;/q2*+1;2*-1. The summed E-state index contributed by atoms with van der Waals surface area (Å²) in [5, 5.41) is 0. The van der Waals surface area contributed by atoms with E-state index < -0.39 is 62.1 Å². The first-order valence-corrected chi connectivity index (χ1v) is 23.8. The summed E-state index contributed by atoms with van der Waals surface area (Å²) >= 11 is 0.206. The molecule has 6 rings (SSSR count). The van der Waals surface area contributed by atoms with Gasteiger partial charge in [-0.2, -0.15) is 52.7 Å². The van der Waals surface area contributed by atoms with Crippen molar-refractivity contribution in [3.05, 3.63) is 120 Å². The molecule has 0 N–H and O–H groups in total. The summed E-state index contributed by atoms with van der Waals surface area (Å²) < 4.78 is 225. The quantitative estimate of drug-likeness (QED) is 0.190. The van der Waals surface area contributed by atoms with Gasteiger partial charge in [0, 0.05) is 22.3 Å². The van der Waals surface area contributed by atoms with Crippen LogP contribution in [0.15, 0.2) is 97.1 Å². The Morgan fingerprint density at radius 1 is 0.321 bits per heavy atom. The summed E-state index contributed by atoms with van der Waals surface area (Å²) in [6.07, 6.45) is 0. The molecule has 2 heterocycles. The third-order valence-electron chi connectivity index (χ3n) is 6.05. The zero-order chi connectivity index (χ0) is 42.8. The van der Waals surface area contributed by atoms with E-state index in [1.807, 2.05) is 0 Å². The van der Waals surface area contributed by atoms with Crippen LogP contribution in [-0.4, -0.2) is 55.7 Å². The Morgan fingerprint density at radius 2 is 0.482 bits per heavy atom. The van der Waals surface area contributed by atoms with E-state index in [9.17, 15) is 86.4 Å². The summed E-state index contributed by atoms with van der Waals surface area (Å²) in [7, 11) is -26.9. The highest BCUT2D eigenvalue weighted by atomic mass is 127. The minimum absolute atomic E-state index is 0.103. The second-order valence-electron chi connectivity index (χ2n) is 9.94. The Bertz CT molecular complexity index is 2170. The molecule has 28 heteroatoms. The molecule has 0 fully saturated rings. The van der Waals surface area contributed by atoms with Gasteiger partial charge in [-0.3, -0.25) is 0 Å². The van der Waals surface area contributed by atoms with E-state index in [4.69, 9.17) is 0 Å². The highest BCUT2D eigenvalue weighted by Gasteiger charge is 2.48. The lowest BCUT2D eigenvalue weighted by Gasteiger charge is -2.22. The molecular formula is C28H16F12I2N2O8S4. The van der Waals surface area contributed by atoms with Crippen LogP contribution in [0.5, 0.6) is 0 Å². The van der Waals surface area contributed by atoms with E-state index in [1.165, 1.54) is 22.3 Å². The Hall–Kier alpha value is -2.78. The first kappa shape index (κ1) is 47.6. The second-order valence-corrected chi connectivity index (χ2v) is 22.5. The van der Waals surface area contributed by atoms with Gasteiger partial charge in [0.2, 0.25) is 14.3 Å². The van der Waals surface area contributed by atoms with E-state index in [1.54, 1.807) is 14.3 Å². The predicted octanol–water partition coefficient (Wildman–Crippen LogP) is 1.71. The van der Waals surface area contributed by atoms with Crippen molar-refractivity contribution in [1.29, 1.82) is 0 Å². The van der Waals surface area contributed by atoms with Gasteiger partial charge < -0.3 is 8.25 Å². The molecule has 308 valence electrons. The topological polar surface area (TPSA) is 165 Å². The highest BCUT2D eigenvalue weighted by molar-refractivity contribution is 8.13. The number of halogens is 14. The molecule has 0 aromatic heterocycles. The van der Waals surface area contributed by atoms with Crippen LogP contribution in [0.4, 0.5) is 52.7 Å². The molecule has 0 unspecified atom stereocenters. The third-order valence-corrected chi connectivity index (χ3v) is 17.6. The number of hydrogen-bond acceptors (Lipinski definition) is 8. The lowest BCUT2D eigenvalue weighted by atomic mass is 10.1. The van der Waals surface area contributed by atoms with Crippen LogP contribution in [0.2, 0.25) is 0 Å². The summed E-state index contributed by atoms with van der Waals surface area (Å²) in [5.74, 6) is 0. The van der Waals surface area contributed by atoms with E-state index >= 15 is 0 Å². The molecule has 0 radical (unpaired) electrons. The van der Waals surface area contributed by atoms with Crippen LogP contribution >= 0.6 is 0 Å². The van der Waals surface area contributed by atoms with Crippen LogP contribution in [0.1, 0.15) is 0 Å². The van der Waals surface area contributed by atoms with Crippen LogP contribution < -0.4 is 42.4 Å². The number of hydrogen-bond donors (Lipinski definition) is 0. The smallest absolute Gasteiger partial charge is 0.421 e. The highest BCUT2D eigenvalue weighted by Crippen LogP contribution is 2.37. The van der Waals surface area contributed by atoms with Crippen LogP contribution in [0.3, 0.4) is 0 Å². The molecule has 0 saturated heterocycles. The van der Waals surface area contributed by atoms with Crippen molar-refractivity contribution in [2.45, 2.75) is 22.0 Å². The lowest BCUT2D eigenvalue weighted by molar-refractivity contribution is -0.590. The molecule has 56 heavy (non-hydrogen) atoms. The predicted molar refractivity (Wildman–Crippen MR) is 165 cm³/mol. The number of sulfonamides is 4. The van der Waals surface area contributed by atoms with Gasteiger partial charge in [-0.25, -0.2) is 33.7 Å². The van der Waals surface area contributed by atoms with E-state index in [0.717, 1.165) is 8.25 Å². The SMILES string of the molecule is O=S(=O)([N-]S(=O)(=O)C(F)(F)F)C(F)(F)F.O=S(=O)([N-]S(=O)(=O)C(F)(F)F)C(F)(F)F.c1ccc2c(c1)[I+]c1ccccc1-2.c1ccc2c(c1)[I+]c1ccccc1-2. The van der Waals surface area contributed by atoms with Gasteiger partial charge in [0.25, 0.3) is 0 Å². The molecule has 10 nitrogen and oxygen atoms in total. The fourth-order valence-electron chi connectivity index (χ4n) is 3.69. The molecule has 0 amide bonds. The van der Waals surface area contributed by atoms with E-state index in [0.29, 0.717) is 0 Å². The molecule has 2 aliphatic heterocycles. The molecule has 0 bridgehead atoms. The molecule has 4 aromatic rings. The van der Waals surface area contributed by atoms with Crippen molar-refractivity contribution in [2.75, 3.05) is 0 Å². The first-order chi connectivity index (χ1) is 25.3. The molecule has 0 saturated carbocycles. The summed E-state index contributed by atoms with van der Waals surface area (Å²) in [5.41, 5.74) is -19.0. The maximum absolute atomic E-state index is 11.4. The van der Waals surface area contributed by atoms with Crippen molar-refractivity contribution in [3.63, 3.8) is 0 Å². The third kappa shape index (κ3) is 11.7. The average Bonchev–Trinajstić information content (AvgIpc) is 3.61. The number of benzene rings is 4. The van der Waals surface area contributed by atoms with Crippen LogP contribution in [0, 0.1) is 14.3 Å². The van der Waals surface area contributed by atoms with Gasteiger partial charge in [0.15, 0.2) is 40.1 Å². The maximum Gasteiger partial charge on any atom is 0.480 e. The molecule has 0 atom stereocenters. The average molecular weight is 1120 g/mol. The summed E-state index contributed by atoms with van der Waals surface area (Å²) in [6.45, 7) is 0. The number of fused-ring (bicyclic) bond motifs is 6. The largest absolute Gasteiger partial charge is 0.480 e. The Balaban J connectivity index is 0.000000200. The van der Waals surface area contributed by atoms with Gasteiger partial charge in [-0.1, -0.05) is 48.5 Å². The van der Waals surface area contributed by atoms with E-state index in [-0.39, 0.29) is 42.4 Å². The van der Waals surface area contributed by atoms with Crippen molar-refractivity contribution >= 4 is 40.1 Å². The van der Waals surface area contributed by atoms with Crippen LogP contribution in [0.25, 0.3) is 30.5 Å². The lowest BCUT2D eigenvalue weighted by Crippen LogP contribution is -3.61. The molecule has 2 aliphatic rings. The minimum Gasteiger partial charge on any atom is -0.421 e. The summed E-state index contributed by atoms with van der Waals surface area (Å²) in [4.78, 5) is 0. The van der Waals surface area contributed by atoms with Gasteiger partial charge in [0.1, 0.15) is 0 Å². The number of nitrogens with zero attached hydrogens (tertiary/aromatic N) is 2. The van der Waals surface area contributed by atoms with Crippen molar-refractivity contribution in [2.24, 2.45) is 0 Å². The van der Waals surface area contributed by atoms with Gasteiger partial charge in [-0.15, -0.1) is 0 Å². The zero-order valence-electron chi connectivity index (χ0n) is 26.3. The molecule has 0 aliphatic carbocycles. The molecular weight excluding hydrogens is 1100 g/mol. The second kappa shape index (κ2) is 17.2. The zero-order valence-corrected chi connectivity index (χ0v) is 33.9. The van der Waals surface area contributed by atoms with Crippen LogP contribution in [-0.2, 0) is 40.1 Å². The first-order valence-electron chi connectivity index (χ1n) is 13.7. The van der Waals surface area contributed by atoms with Gasteiger partial charge in [0.05, 0.1) is 0 Å². The Labute approximate surface area is 330 Å². The van der Waals surface area contributed by atoms with Crippen molar-refractivity contribution in [3.8, 4) is 22.3 Å². The molecule has 0 spiro atoms. The Morgan fingerprint density at radius 3 is 0.643 bits per heavy atom. The number of rotatable bonds is 4. The normalized spacial score (nSPS) is 13.9. The minimum atomic E-state index is -6.72. The summed E-state index contributed by atoms with van der Waals surface area (Å²) in [6, 6.07) is 35.1. The van der Waals surface area contributed by atoms with Gasteiger partial charge >= 0.3 is 64.4 Å². The van der Waals surface area contributed by atoms with Crippen molar-refractivity contribution < 1.29 is 129 Å². The fourth-order valence-corrected chi connectivity index (χ4v) is 13.0. The monoisotopic (exact) mass is 1120 g/mol. The van der Waals surface area contributed by atoms with Crippen molar-refractivity contribution in [1.82, 2.24) is 0 Å². The Kier molecular flexibility index (Phi) is 14.6. The van der Waals surface area contributed by atoms with E-state index in [2.05, 4.69) is 97.1 Å². The van der Waals surface area contributed by atoms with Gasteiger partial charge in [-0.05, 0) is 48.5 Å².